The summed E-state index contributed by atoms with van der Waals surface area (Å²) in [7, 11) is -3.58. The number of benzene rings is 3. The van der Waals surface area contributed by atoms with Crippen LogP contribution in [0.4, 0.5) is 8.78 Å². The zero-order valence-corrected chi connectivity index (χ0v) is 26.8. The van der Waals surface area contributed by atoms with E-state index < -0.39 is 45.7 Å². The van der Waals surface area contributed by atoms with Crippen LogP contribution in [0.15, 0.2) is 66.7 Å². The molecule has 44 heavy (non-hydrogen) atoms. The first kappa shape index (κ1) is 34.1. The Bertz CT molecular complexity index is 1510. The van der Waals surface area contributed by atoms with Gasteiger partial charge in [-0.3, -0.25) is 4.79 Å². The van der Waals surface area contributed by atoms with Crippen molar-refractivity contribution in [3.8, 4) is 0 Å². The molecular weight excluding hydrogens is 608 g/mol. The first-order chi connectivity index (χ1) is 20.8. The number of ketones is 1. The molecule has 0 aliphatic carbocycles. The number of Topliss-reactive ketones (excluding diaryl/α,β-unsaturated/α-hetero) is 1. The molecule has 0 saturated carbocycles. The Labute approximate surface area is 263 Å². The molecule has 1 heterocycles. The van der Waals surface area contributed by atoms with Crippen molar-refractivity contribution in [1.29, 1.82) is 0 Å². The fourth-order valence-corrected chi connectivity index (χ4v) is 7.56. The summed E-state index contributed by atoms with van der Waals surface area (Å²) in [5.41, 5.74) is 8.58. The van der Waals surface area contributed by atoms with Crippen molar-refractivity contribution in [3.63, 3.8) is 0 Å². The third kappa shape index (κ3) is 8.71. The fourth-order valence-electron chi connectivity index (χ4n) is 5.96. The number of rotatable bonds is 13. The van der Waals surface area contributed by atoms with Gasteiger partial charge in [0.05, 0.1) is 31.1 Å². The van der Waals surface area contributed by atoms with Gasteiger partial charge in [0.15, 0.2) is 5.78 Å². The number of nitrogens with one attached hydrogen (secondary N) is 1. The van der Waals surface area contributed by atoms with Crippen LogP contribution in [0.2, 0.25) is 5.02 Å². The molecule has 0 amide bonds. The van der Waals surface area contributed by atoms with E-state index in [2.05, 4.69) is 5.32 Å². The van der Waals surface area contributed by atoms with Crippen molar-refractivity contribution >= 4 is 27.4 Å². The van der Waals surface area contributed by atoms with Crippen LogP contribution in [0, 0.1) is 11.6 Å². The average molecular weight is 648 g/mol. The highest BCUT2D eigenvalue weighted by molar-refractivity contribution is 7.88. The highest BCUT2D eigenvalue weighted by Gasteiger charge is 2.37. The standard InChI is InChI=1S/C33H40ClF2N3O4S/c1-21(2)43-20-28-19-38-18-27(39(28)44(3,41)42)13-14-29-22(7-6-12-30(29)36)17-31(40)33(37)32(23-8-4-10-25(34)15-23)24-9-5-11-26(35)16-24/h4-12,15-16,21,27-28,32-33,38H,13-14,17-20,37H2,1-3H3/t27-,28?,32-,33+/m0/s1. The van der Waals surface area contributed by atoms with E-state index in [1.807, 2.05) is 13.8 Å². The number of halogens is 3. The van der Waals surface area contributed by atoms with Crippen LogP contribution in [0.3, 0.4) is 0 Å². The summed E-state index contributed by atoms with van der Waals surface area (Å²) in [6, 6.07) is 15.5. The number of hydrogen-bond donors (Lipinski definition) is 2. The molecule has 1 unspecified atom stereocenters. The molecule has 1 fully saturated rings. The summed E-state index contributed by atoms with van der Waals surface area (Å²) in [6.45, 7) is 4.88. The maximum Gasteiger partial charge on any atom is 0.211 e. The number of nitrogens with two attached hydrogens (primary N) is 1. The number of carbonyl (C=O) groups excluding carboxylic acids is 1. The van der Waals surface area contributed by atoms with Crippen LogP contribution >= 0.6 is 11.6 Å². The van der Waals surface area contributed by atoms with Gasteiger partial charge in [0.25, 0.3) is 0 Å². The van der Waals surface area contributed by atoms with E-state index in [0.717, 1.165) is 0 Å². The van der Waals surface area contributed by atoms with Crippen molar-refractivity contribution in [2.45, 2.75) is 63.3 Å². The van der Waals surface area contributed by atoms with E-state index in [0.29, 0.717) is 46.8 Å². The van der Waals surface area contributed by atoms with E-state index in [9.17, 15) is 17.6 Å². The highest BCUT2D eigenvalue weighted by Crippen LogP contribution is 2.31. The zero-order valence-electron chi connectivity index (χ0n) is 25.2. The van der Waals surface area contributed by atoms with Gasteiger partial charge in [0, 0.05) is 36.5 Å². The van der Waals surface area contributed by atoms with Crippen molar-refractivity contribution in [2.75, 3.05) is 26.0 Å². The van der Waals surface area contributed by atoms with Gasteiger partial charge in [-0.25, -0.2) is 17.2 Å². The van der Waals surface area contributed by atoms with Crippen LogP contribution < -0.4 is 11.1 Å². The summed E-state index contributed by atoms with van der Waals surface area (Å²) in [4.78, 5) is 13.7. The minimum Gasteiger partial charge on any atom is -0.377 e. The number of nitrogens with zero attached hydrogens (tertiary/aromatic N) is 1. The van der Waals surface area contributed by atoms with Crippen LogP contribution in [0.1, 0.15) is 48.4 Å². The molecule has 3 aromatic rings. The smallest absolute Gasteiger partial charge is 0.211 e. The highest BCUT2D eigenvalue weighted by atomic mass is 35.5. The van der Waals surface area contributed by atoms with Crippen LogP contribution in [0.25, 0.3) is 0 Å². The molecule has 11 heteroatoms. The van der Waals surface area contributed by atoms with Gasteiger partial charge in [-0.15, -0.1) is 0 Å². The second kappa shape index (κ2) is 15.0. The molecule has 3 aromatic carbocycles. The molecule has 238 valence electrons. The SMILES string of the molecule is CC(C)OCC1CNC[C@H](CCc2c(F)cccc2CC(=O)[C@@H](N)[C@H](c2cccc(F)c2)c2cccc(Cl)c2)N1S(C)(=O)=O. The molecule has 0 radical (unpaired) electrons. The Morgan fingerprint density at radius 3 is 2.36 bits per heavy atom. The van der Waals surface area contributed by atoms with Gasteiger partial charge < -0.3 is 15.8 Å². The minimum absolute atomic E-state index is 0.0546. The third-order valence-corrected chi connectivity index (χ3v) is 9.54. The predicted octanol–water partition coefficient (Wildman–Crippen LogP) is 4.85. The van der Waals surface area contributed by atoms with Crippen molar-refractivity contribution in [3.05, 3.63) is 106 Å². The molecule has 1 saturated heterocycles. The van der Waals surface area contributed by atoms with Crippen LogP contribution in [-0.4, -0.2) is 68.7 Å². The molecule has 4 atom stereocenters. The average Bonchev–Trinajstić information content (AvgIpc) is 2.95. The lowest BCUT2D eigenvalue weighted by atomic mass is 9.82. The summed E-state index contributed by atoms with van der Waals surface area (Å²) in [6.07, 6.45) is 1.52. The molecule has 0 spiro atoms. The second-order valence-electron chi connectivity index (χ2n) is 11.6. The monoisotopic (exact) mass is 647 g/mol. The van der Waals surface area contributed by atoms with Gasteiger partial charge in [-0.2, -0.15) is 4.31 Å². The minimum atomic E-state index is -3.58. The fraction of sp³-hybridized carbons (Fsp3) is 0.424. The van der Waals surface area contributed by atoms with E-state index >= 15 is 4.39 Å². The van der Waals surface area contributed by atoms with E-state index in [4.69, 9.17) is 22.1 Å². The van der Waals surface area contributed by atoms with Crippen molar-refractivity contribution < 1.29 is 26.7 Å². The molecule has 0 aromatic heterocycles. The van der Waals surface area contributed by atoms with E-state index in [1.54, 1.807) is 42.5 Å². The van der Waals surface area contributed by atoms with Crippen LogP contribution in [-0.2, 0) is 32.4 Å². The Morgan fingerprint density at radius 2 is 1.70 bits per heavy atom. The first-order valence-electron chi connectivity index (χ1n) is 14.7. The topological polar surface area (TPSA) is 102 Å². The van der Waals surface area contributed by atoms with Gasteiger partial charge in [0.1, 0.15) is 11.6 Å². The van der Waals surface area contributed by atoms with Crippen molar-refractivity contribution in [2.24, 2.45) is 5.73 Å². The predicted molar refractivity (Wildman–Crippen MR) is 169 cm³/mol. The lowest BCUT2D eigenvalue weighted by Crippen LogP contribution is -2.60. The summed E-state index contributed by atoms with van der Waals surface area (Å²) in [5, 5.41) is 3.74. The summed E-state index contributed by atoms with van der Waals surface area (Å²) in [5.74, 6) is -1.97. The quantitative estimate of drug-likeness (QED) is 0.275. The number of ether oxygens (including phenoxy) is 1. The molecule has 1 aliphatic heterocycles. The second-order valence-corrected chi connectivity index (χ2v) is 13.9. The van der Waals surface area contributed by atoms with E-state index in [-0.39, 0.29) is 31.3 Å². The molecule has 1 aliphatic rings. The Kier molecular flexibility index (Phi) is 11.7. The summed E-state index contributed by atoms with van der Waals surface area (Å²) >= 11 is 6.24. The molecular formula is C33H40ClF2N3O4S. The Hall–Kier alpha value is -2.73. The first-order valence-corrected chi connectivity index (χ1v) is 16.9. The zero-order chi connectivity index (χ0) is 32.0. The Balaban J connectivity index is 1.56. The van der Waals surface area contributed by atoms with Gasteiger partial charge in [-0.05, 0) is 79.3 Å². The van der Waals surface area contributed by atoms with E-state index in [1.165, 1.54) is 34.8 Å². The molecule has 7 nitrogen and oxygen atoms in total. The van der Waals surface area contributed by atoms with Gasteiger partial charge in [-0.1, -0.05) is 48.0 Å². The van der Waals surface area contributed by atoms with Gasteiger partial charge in [0.2, 0.25) is 10.0 Å². The maximum absolute atomic E-state index is 15.3. The third-order valence-electron chi connectivity index (χ3n) is 7.94. The summed E-state index contributed by atoms with van der Waals surface area (Å²) < 4.78 is 62.4. The lowest BCUT2D eigenvalue weighted by molar-refractivity contribution is -0.119. The number of sulfonamides is 1. The van der Waals surface area contributed by atoms with Crippen LogP contribution in [0.5, 0.6) is 0 Å². The van der Waals surface area contributed by atoms with Gasteiger partial charge >= 0.3 is 0 Å². The van der Waals surface area contributed by atoms with Crippen molar-refractivity contribution in [1.82, 2.24) is 9.62 Å². The largest absolute Gasteiger partial charge is 0.377 e. The number of piperazine rings is 1. The number of carbonyl (C=O) groups is 1. The lowest BCUT2D eigenvalue weighted by Gasteiger charge is -2.41. The molecule has 3 N–H and O–H groups in total. The number of hydrogen-bond acceptors (Lipinski definition) is 6. The Morgan fingerprint density at radius 1 is 1.05 bits per heavy atom. The molecule has 0 bridgehead atoms. The normalized spacial score (nSPS) is 19.2. The molecule has 4 rings (SSSR count). The maximum atomic E-state index is 15.3.